The van der Waals surface area contributed by atoms with Crippen LogP contribution in [-0.2, 0) is 65.4 Å². The molecule has 5 N–H and O–H groups in total. The first-order valence-corrected chi connectivity index (χ1v) is 23.2. The number of nitrogens with zero attached hydrogens (tertiary/aromatic N) is 11. The lowest BCUT2D eigenvalue weighted by atomic mass is 10.1. The molecule has 358 valence electrons. The van der Waals surface area contributed by atoms with E-state index in [9.17, 15) is 0 Å². The van der Waals surface area contributed by atoms with Gasteiger partial charge in [-0.05, 0) is 155 Å². The minimum Gasteiger partial charge on any atom is -0.384 e. The maximum Gasteiger partial charge on any atom is 0.220 e. The highest BCUT2D eigenvalue weighted by Crippen LogP contribution is 2.32. The minimum atomic E-state index is -1.84. The van der Waals surface area contributed by atoms with Gasteiger partial charge >= 0.3 is 0 Å². The Balaban J connectivity index is 0.000000144. The first-order chi connectivity index (χ1) is 32.2. The fraction of sp³-hybridized carbons (Fsp3) is 0.577. The Kier molecular flexibility index (Phi) is 13.5. The standard InChI is InChI=1S/C11H17N3.2C11H16N2.C10H16N4.C9H15N3/c1-11(2,3)14-6-8-4-10(12)13-5-9(8)7-14;2*1-11(2,3)13-7-9-4-5-12-6-10(9)8-13;1-10(2,3)14-5-7-4-12-9(11)13-8(7)6-14;1-9(2,3)12-5-7-4-10-11-8(7)6-12/h4-5H,6-7H2,1-3H3,(H2,12,13);2*4-6H,7-8H2,1-3H3;4H,5-6H2,1-3H3,(H2,11,12,13);4H,5-6H2,1-3H3,(H,10,11)/i;7D2,8D2;;;. The summed E-state index contributed by atoms with van der Waals surface area (Å²) in [6.07, 6.45) is 12.4. The molecule has 66 heavy (non-hydrogen) atoms. The predicted molar refractivity (Wildman–Crippen MR) is 267 cm³/mol. The van der Waals surface area contributed by atoms with Crippen molar-refractivity contribution in [1.29, 1.82) is 0 Å². The molecular weight excluding hydrogens is 821 g/mol. The number of rotatable bonds is 0. The van der Waals surface area contributed by atoms with Crippen LogP contribution in [0.5, 0.6) is 0 Å². The summed E-state index contributed by atoms with van der Waals surface area (Å²) in [7, 11) is 0. The summed E-state index contributed by atoms with van der Waals surface area (Å²) in [5.41, 5.74) is 22.6. The molecule has 14 nitrogen and oxygen atoms in total. The van der Waals surface area contributed by atoms with Crippen molar-refractivity contribution in [3.63, 3.8) is 0 Å². The smallest absolute Gasteiger partial charge is 0.220 e. The Bertz CT molecular complexity index is 2430. The molecule has 0 unspecified atom stereocenters. The third kappa shape index (κ3) is 13.2. The molecule has 0 saturated heterocycles. The summed E-state index contributed by atoms with van der Waals surface area (Å²) in [5.74, 6) is 0.999. The Hall–Kier alpha value is -4.86. The first-order valence-electron chi connectivity index (χ1n) is 25.2. The van der Waals surface area contributed by atoms with Crippen molar-refractivity contribution in [2.45, 2.75) is 197 Å². The van der Waals surface area contributed by atoms with Crippen LogP contribution in [0.2, 0.25) is 0 Å². The van der Waals surface area contributed by atoms with E-state index in [4.69, 9.17) is 17.0 Å². The maximum absolute atomic E-state index is 8.16. The van der Waals surface area contributed by atoms with Gasteiger partial charge in [0.15, 0.2) is 0 Å². The lowest BCUT2D eigenvalue weighted by molar-refractivity contribution is 0.134. The minimum absolute atomic E-state index is 0.176. The first kappa shape index (κ1) is 44.9. The Labute approximate surface area is 401 Å². The van der Waals surface area contributed by atoms with Crippen molar-refractivity contribution in [3.8, 4) is 0 Å². The van der Waals surface area contributed by atoms with Crippen LogP contribution in [0.4, 0.5) is 11.8 Å². The molecule has 5 aromatic rings. The molecular formula is C52H80N14. The summed E-state index contributed by atoms with van der Waals surface area (Å²) in [6.45, 7) is 36.5. The number of anilines is 2. The van der Waals surface area contributed by atoms with Crippen molar-refractivity contribution in [1.82, 2.24) is 59.6 Å². The Morgan fingerprint density at radius 3 is 1.48 bits per heavy atom. The second-order valence-corrected chi connectivity index (χ2v) is 22.9. The lowest BCUT2D eigenvalue weighted by Crippen LogP contribution is -2.37. The van der Waals surface area contributed by atoms with Crippen molar-refractivity contribution in [2.75, 3.05) is 11.5 Å². The van der Waals surface area contributed by atoms with Crippen molar-refractivity contribution in [3.05, 3.63) is 117 Å². The molecule has 0 aromatic carbocycles. The zero-order valence-electron chi connectivity index (χ0n) is 46.5. The number of nitrogens with one attached hydrogen (secondary N) is 1. The van der Waals surface area contributed by atoms with Gasteiger partial charge in [0, 0.05) is 147 Å². The van der Waals surface area contributed by atoms with E-state index in [0.717, 1.165) is 58.1 Å². The van der Waals surface area contributed by atoms with Crippen LogP contribution in [-0.4, -0.2) is 87.3 Å². The van der Waals surface area contributed by atoms with E-state index in [-0.39, 0.29) is 22.2 Å². The van der Waals surface area contributed by atoms with Crippen LogP contribution in [0.15, 0.2) is 61.6 Å². The molecule has 0 aliphatic carbocycles. The van der Waals surface area contributed by atoms with Gasteiger partial charge in [-0.25, -0.2) is 15.0 Å². The number of hydrogen-bond donors (Lipinski definition) is 3. The van der Waals surface area contributed by atoms with E-state index < -0.39 is 18.5 Å². The molecule has 5 aromatic heterocycles. The largest absolute Gasteiger partial charge is 0.384 e. The Morgan fingerprint density at radius 2 is 0.924 bits per heavy atom. The van der Waals surface area contributed by atoms with E-state index in [0.29, 0.717) is 22.9 Å². The molecule has 0 spiro atoms. The van der Waals surface area contributed by atoms with Gasteiger partial charge in [-0.15, -0.1) is 0 Å². The number of fused-ring (bicyclic) bond motifs is 5. The number of pyridine rings is 3. The summed E-state index contributed by atoms with van der Waals surface area (Å²) < 4.78 is 32.6. The van der Waals surface area contributed by atoms with E-state index >= 15 is 0 Å². The molecule has 10 rings (SSSR count). The van der Waals surface area contributed by atoms with E-state index in [1.165, 1.54) is 56.4 Å². The zero-order valence-corrected chi connectivity index (χ0v) is 42.5. The van der Waals surface area contributed by atoms with Crippen LogP contribution in [0, 0.1) is 0 Å². The summed E-state index contributed by atoms with van der Waals surface area (Å²) in [4.78, 5) is 31.4. The topological polar surface area (TPSA) is 161 Å². The summed E-state index contributed by atoms with van der Waals surface area (Å²) >= 11 is 0. The Morgan fingerprint density at radius 1 is 0.470 bits per heavy atom. The summed E-state index contributed by atoms with van der Waals surface area (Å²) in [6, 6.07) is 5.67. The average Bonchev–Trinajstić information content (AvgIpc) is 4.08. The molecule has 0 amide bonds. The number of nitrogen functional groups attached to an aromatic ring is 2. The fourth-order valence-corrected chi connectivity index (χ4v) is 7.84. The van der Waals surface area contributed by atoms with Crippen LogP contribution in [0.25, 0.3) is 0 Å². The van der Waals surface area contributed by atoms with Crippen molar-refractivity contribution in [2.24, 2.45) is 0 Å². The zero-order chi connectivity index (χ0) is 52.0. The molecule has 0 atom stereocenters. The van der Waals surface area contributed by atoms with Gasteiger partial charge in [0.25, 0.3) is 0 Å². The van der Waals surface area contributed by atoms with Crippen LogP contribution in [0.1, 0.15) is 165 Å². The summed E-state index contributed by atoms with van der Waals surface area (Å²) in [5, 5.41) is 7.04. The monoisotopic (exact) mass is 905 g/mol. The molecule has 0 radical (unpaired) electrons. The van der Waals surface area contributed by atoms with E-state index in [1.54, 1.807) is 6.07 Å². The quantitative estimate of drug-likeness (QED) is 0.135. The van der Waals surface area contributed by atoms with Crippen LogP contribution < -0.4 is 11.5 Å². The molecule has 10 heterocycles. The van der Waals surface area contributed by atoms with Gasteiger partial charge in [0.05, 0.1) is 17.6 Å². The van der Waals surface area contributed by atoms with Gasteiger partial charge in [0.2, 0.25) is 5.95 Å². The number of aromatic amines is 1. The molecule has 0 fully saturated rings. The third-order valence-corrected chi connectivity index (χ3v) is 12.5. The molecule has 5 aliphatic rings. The maximum atomic E-state index is 8.16. The number of H-pyrrole nitrogens is 1. The van der Waals surface area contributed by atoms with Crippen molar-refractivity contribution >= 4 is 11.8 Å². The molecule has 14 heteroatoms. The van der Waals surface area contributed by atoms with E-state index in [1.807, 2.05) is 57.8 Å². The lowest BCUT2D eigenvalue weighted by Gasteiger charge is -2.31. The van der Waals surface area contributed by atoms with Gasteiger partial charge in [-0.1, -0.05) is 0 Å². The number of nitrogens with two attached hydrogens (primary N) is 2. The number of hydrogen-bond acceptors (Lipinski definition) is 13. The van der Waals surface area contributed by atoms with Gasteiger partial charge in [-0.2, -0.15) is 5.10 Å². The SMILES string of the molecule is CC(C)(C)N1Cc2ccncc2C1.CC(C)(C)N1Cc2cn[nH]c2C1.CC(C)(C)N1Cc2cnc(N)cc2C1.CC(C)(C)N1Cc2cnc(N)nc2C1.[2H]C1([2H])c2ccncc2C([2H])([2H])N1C(C)(C)C. The van der Waals surface area contributed by atoms with Crippen LogP contribution >= 0.6 is 0 Å². The van der Waals surface area contributed by atoms with E-state index in [2.05, 4.69) is 144 Å². The fourth-order valence-electron chi connectivity index (χ4n) is 7.84. The van der Waals surface area contributed by atoms with Crippen molar-refractivity contribution < 1.29 is 5.48 Å². The second kappa shape index (κ2) is 19.8. The predicted octanol–water partition coefficient (Wildman–Crippen LogP) is 8.87. The van der Waals surface area contributed by atoms with Crippen LogP contribution in [0.3, 0.4) is 0 Å². The van der Waals surface area contributed by atoms with Gasteiger partial charge < -0.3 is 11.5 Å². The molecule has 0 saturated carbocycles. The highest BCUT2D eigenvalue weighted by molar-refractivity contribution is 5.39. The third-order valence-electron chi connectivity index (χ3n) is 12.5. The average molecular weight is 905 g/mol. The molecule has 5 aliphatic heterocycles. The number of aromatic nitrogens is 7. The second-order valence-electron chi connectivity index (χ2n) is 22.9. The van der Waals surface area contributed by atoms with Gasteiger partial charge in [0.1, 0.15) is 5.82 Å². The molecule has 0 bridgehead atoms. The normalized spacial score (nSPS) is 19.9. The highest BCUT2D eigenvalue weighted by atomic mass is 15.3. The van der Waals surface area contributed by atoms with Gasteiger partial charge in [-0.3, -0.25) is 39.6 Å². The highest BCUT2D eigenvalue weighted by Gasteiger charge is 2.32.